The molecule has 8 heteroatoms. The number of piperidine rings is 1. The predicted molar refractivity (Wildman–Crippen MR) is 186 cm³/mol. The third kappa shape index (κ3) is 8.07. The molecule has 4 aromatic carbocycles. The normalized spacial score (nSPS) is 19.2. The number of carbonyl (C=O) groups is 3. The standard InChI is InChI=1S/C39H45N5O3/c40-20-6-11-36(45)44(26-28-18-21-41-22-19-28)35(25-27-12-15-32(16-13-27)30-7-2-1-3-8-30)37-39(47)42-34(38(46)43-37)24-29-14-17-31-9-4-5-10-33(31)23-29/h1-5,7-10,12-17,23,28,34-35,37,41H,6,11,18-22,24-26,40H2,(H,42,47)(H,43,46)/t34-,35?,37-/m0/s1. The molecule has 47 heavy (non-hydrogen) atoms. The fourth-order valence-corrected chi connectivity index (χ4v) is 6.94. The predicted octanol–water partition coefficient (Wildman–Crippen LogP) is 4.21. The van der Waals surface area contributed by atoms with Gasteiger partial charge in [-0.2, -0.15) is 0 Å². The number of benzene rings is 4. The first-order valence-corrected chi connectivity index (χ1v) is 16.9. The molecule has 0 radical (unpaired) electrons. The summed E-state index contributed by atoms with van der Waals surface area (Å²) in [4.78, 5) is 43.4. The Bertz CT molecular complexity index is 1670. The van der Waals surface area contributed by atoms with Crippen molar-refractivity contribution in [1.29, 1.82) is 0 Å². The maximum absolute atomic E-state index is 14.0. The molecule has 3 atom stereocenters. The van der Waals surface area contributed by atoms with Gasteiger partial charge < -0.3 is 26.6 Å². The monoisotopic (exact) mass is 631 g/mol. The van der Waals surface area contributed by atoms with Crippen molar-refractivity contribution in [3.05, 3.63) is 108 Å². The molecular formula is C39H45N5O3. The topological polar surface area (TPSA) is 117 Å². The molecule has 6 rings (SSSR count). The lowest BCUT2D eigenvalue weighted by Crippen LogP contribution is -2.69. The van der Waals surface area contributed by atoms with Crippen LogP contribution < -0.4 is 21.7 Å². The van der Waals surface area contributed by atoms with Gasteiger partial charge in [-0.05, 0) is 84.3 Å². The highest BCUT2D eigenvalue weighted by atomic mass is 16.2. The number of nitrogens with two attached hydrogens (primary N) is 1. The first-order valence-electron chi connectivity index (χ1n) is 16.9. The number of fused-ring (bicyclic) bond motifs is 1. The second kappa shape index (κ2) is 15.4. The van der Waals surface area contributed by atoms with Crippen molar-refractivity contribution in [3.8, 4) is 11.1 Å². The highest BCUT2D eigenvalue weighted by Crippen LogP contribution is 2.25. The Hall–Kier alpha value is -4.53. The van der Waals surface area contributed by atoms with Crippen molar-refractivity contribution in [2.24, 2.45) is 11.7 Å². The van der Waals surface area contributed by atoms with Gasteiger partial charge in [-0.3, -0.25) is 14.4 Å². The van der Waals surface area contributed by atoms with Gasteiger partial charge in [-0.25, -0.2) is 0 Å². The molecule has 8 nitrogen and oxygen atoms in total. The van der Waals surface area contributed by atoms with Gasteiger partial charge in [0.05, 0.1) is 6.04 Å². The van der Waals surface area contributed by atoms with E-state index in [0.717, 1.165) is 59.0 Å². The van der Waals surface area contributed by atoms with E-state index in [-0.39, 0.29) is 17.7 Å². The number of carbonyl (C=O) groups excluding carboxylic acids is 3. The molecule has 0 aliphatic carbocycles. The van der Waals surface area contributed by atoms with Crippen molar-refractivity contribution in [1.82, 2.24) is 20.9 Å². The Kier molecular flexibility index (Phi) is 10.6. The number of hydrogen-bond donors (Lipinski definition) is 4. The van der Waals surface area contributed by atoms with Gasteiger partial charge in [0, 0.05) is 19.4 Å². The van der Waals surface area contributed by atoms with Crippen LogP contribution in [0.15, 0.2) is 97.1 Å². The number of nitrogens with zero attached hydrogens (tertiary/aromatic N) is 1. The molecule has 0 spiro atoms. The zero-order valence-electron chi connectivity index (χ0n) is 26.9. The summed E-state index contributed by atoms with van der Waals surface area (Å²) in [6, 6.07) is 30.5. The first-order chi connectivity index (χ1) is 23.0. The molecule has 3 amide bonds. The van der Waals surface area contributed by atoms with Gasteiger partial charge in [0.2, 0.25) is 17.7 Å². The van der Waals surface area contributed by atoms with Crippen LogP contribution in [-0.2, 0) is 27.2 Å². The van der Waals surface area contributed by atoms with Crippen LogP contribution in [0, 0.1) is 5.92 Å². The zero-order chi connectivity index (χ0) is 32.6. The van der Waals surface area contributed by atoms with E-state index in [2.05, 4.69) is 64.5 Å². The van der Waals surface area contributed by atoms with Crippen LogP contribution in [0.2, 0.25) is 0 Å². The van der Waals surface area contributed by atoms with E-state index in [4.69, 9.17) is 5.73 Å². The Morgan fingerprint density at radius 2 is 1.47 bits per heavy atom. The molecule has 2 aliphatic rings. The fraction of sp³-hybridized carbons (Fsp3) is 0.359. The SMILES string of the molecule is NCCCC(=O)N(CC1CCNCC1)C(Cc1ccc(-c2ccccc2)cc1)[C@@H]1NC(=O)[C@H](Cc2ccc3ccccc3c2)NC1=O. The summed E-state index contributed by atoms with van der Waals surface area (Å²) in [5, 5.41) is 11.7. The van der Waals surface area contributed by atoms with Crippen LogP contribution >= 0.6 is 0 Å². The molecule has 2 heterocycles. The lowest BCUT2D eigenvalue weighted by molar-refractivity contribution is -0.143. The maximum Gasteiger partial charge on any atom is 0.245 e. The molecular weight excluding hydrogens is 586 g/mol. The van der Waals surface area contributed by atoms with Crippen LogP contribution in [0.3, 0.4) is 0 Å². The average molecular weight is 632 g/mol. The number of hydrogen-bond acceptors (Lipinski definition) is 5. The van der Waals surface area contributed by atoms with Gasteiger partial charge in [0.1, 0.15) is 12.1 Å². The minimum atomic E-state index is -0.882. The van der Waals surface area contributed by atoms with Crippen LogP contribution in [0.1, 0.15) is 36.8 Å². The van der Waals surface area contributed by atoms with E-state index in [1.54, 1.807) is 0 Å². The summed E-state index contributed by atoms with van der Waals surface area (Å²) in [6.07, 6.45) is 3.60. The zero-order valence-corrected chi connectivity index (χ0v) is 26.9. The summed E-state index contributed by atoms with van der Waals surface area (Å²) >= 11 is 0. The van der Waals surface area contributed by atoms with E-state index in [1.165, 1.54) is 0 Å². The Labute approximate surface area is 277 Å². The second-order valence-corrected chi connectivity index (χ2v) is 12.9. The van der Waals surface area contributed by atoms with E-state index in [1.807, 2.05) is 53.4 Å². The van der Waals surface area contributed by atoms with Crippen molar-refractivity contribution in [2.75, 3.05) is 26.2 Å². The summed E-state index contributed by atoms with van der Waals surface area (Å²) in [7, 11) is 0. The van der Waals surface area contributed by atoms with Crippen LogP contribution in [0.5, 0.6) is 0 Å². The summed E-state index contributed by atoms with van der Waals surface area (Å²) in [6.45, 7) is 2.75. The van der Waals surface area contributed by atoms with Crippen LogP contribution in [0.4, 0.5) is 0 Å². The highest BCUT2D eigenvalue weighted by Gasteiger charge is 2.42. The maximum atomic E-state index is 14.0. The van der Waals surface area contributed by atoms with Gasteiger partial charge in [-0.1, -0.05) is 97.1 Å². The third-order valence-electron chi connectivity index (χ3n) is 9.59. The van der Waals surface area contributed by atoms with Crippen molar-refractivity contribution >= 4 is 28.5 Å². The quantitative estimate of drug-likeness (QED) is 0.187. The Morgan fingerprint density at radius 3 is 2.21 bits per heavy atom. The number of amides is 3. The van der Waals surface area contributed by atoms with Gasteiger partial charge in [0.25, 0.3) is 0 Å². The van der Waals surface area contributed by atoms with E-state index >= 15 is 0 Å². The Balaban J connectivity index is 1.26. The first kappa shape index (κ1) is 32.4. The fourth-order valence-electron chi connectivity index (χ4n) is 6.94. The van der Waals surface area contributed by atoms with Crippen LogP contribution in [-0.4, -0.2) is 66.9 Å². The van der Waals surface area contributed by atoms with Crippen molar-refractivity contribution in [2.45, 2.75) is 56.7 Å². The van der Waals surface area contributed by atoms with E-state index in [0.29, 0.717) is 44.7 Å². The van der Waals surface area contributed by atoms with E-state index < -0.39 is 18.1 Å². The van der Waals surface area contributed by atoms with Gasteiger partial charge in [0.15, 0.2) is 0 Å². The second-order valence-electron chi connectivity index (χ2n) is 12.9. The molecule has 0 bridgehead atoms. The third-order valence-corrected chi connectivity index (χ3v) is 9.59. The molecule has 2 fully saturated rings. The van der Waals surface area contributed by atoms with Crippen molar-refractivity contribution in [3.63, 3.8) is 0 Å². The molecule has 5 N–H and O–H groups in total. The summed E-state index contributed by atoms with van der Waals surface area (Å²) in [5.41, 5.74) is 10.0. The van der Waals surface area contributed by atoms with Crippen molar-refractivity contribution < 1.29 is 14.4 Å². The molecule has 1 unspecified atom stereocenters. The highest BCUT2D eigenvalue weighted by molar-refractivity contribution is 5.98. The lowest BCUT2D eigenvalue weighted by atomic mass is 9.90. The Morgan fingerprint density at radius 1 is 0.787 bits per heavy atom. The molecule has 2 aliphatic heterocycles. The molecule has 4 aromatic rings. The molecule has 0 aromatic heterocycles. The average Bonchev–Trinajstić information content (AvgIpc) is 3.11. The van der Waals surface area contributed by atoms with Gasteiger partial charge in [-0.15, -0.1) is 0 Å². The number of piperazine rings is 1. The molecule has 2 saturated heterocycles. The lowest BCUT2D eigenvalue weighted by Gasteiger charge is -2.42. The van der Waals surface area contributed by atoms with Gasteiger partial charge >= 0.3 is 0 Å². The summed E-state index contributed by atoms with van der Waals surface area (Å²) < 4.78 is 0. The number of rotatable bonds is 12. The largest absolute Gasteiger partial charge is 0.342 e. The smallest absolute Gasteiger partial charge is 0.245 e. The molecule has 0 saturated carbocycles. The summed E-state index contributed by atoms with van der Waals surface area (Å²) in [5.74, 6) is -0.212. The van der Waals surface area contributed by atoms with Crippen LogP contribution in [0.25, 0.3) is 21.9 Å². The minimum absolute atomic E-state index is 0.0276. The minimum Gasteiger partial charge on any atom is -0.342 e. The number of nitrogens with one attached hydrogen (secondary N) is 3. The van der Waals surface area contributed by atoms with E-state index in [9.17, 15) is 14.4 Å². The molecule has 244 valence electrons.